The first-order valence-corrected chi connectivity index (χ1v) is 14.5. The van der Waals surface area contributed by atoms with Gasteiger partial charge in [-0.3, -0.25) is 14.6 Å². The highest BCUT2D eigenvalue weighted by molar-refractivity contribution is 7.09. The van der Waals surface area contributed by atoms with Crippen molar-refractivity contribution >= 4 is 35.5 Å². The van der Waals surface area contributed by atoms with Crippen LogP contribution in [0.15, 0.2) is 72.1 Å². The van der Waals surface area contributed by atoms with Crippen LogP contribution in [0.2, 0.25) is 0 Å². The summed E-state index contributed by atoms with van der Waals surface area (Å²) in [6.07, 6.45) is 0.309. The zero-order chi connectivity index (χ0) is 29.9. The molecule has 0 unspecified atom stereocenters. The van der Waals surface area contributed by atoms with E-state index in [1.807, 2.05) is 64.9 Å². The Hall–Kier alpha value is -3.89. The van der Waals surface area contributed by atoms with Crippen molar-refractivity contribution in [1.29, 1.82) is 0 Å². The number of nitrogens with two attached hydrogens (primary N) is 1. The van der Waals surface area contributed by atoms with Gasteiger partial charge in [0, 0.05) is 35.7 Å². The number of hydrogen-bond acceptors (Lipinski definition) is 7. The number of carboxylic acid groups (broad SMARTS) is 1. The number of alkyl carbamates (subject to hydrolysis) is 1. The van der Waals surface area contributed by atoms with E-state index in [2.05, 4.69) is 5.32 Å². The Morgan fingerprint density at radius 1 is 0.976 bits per heavy atom. The van der Waals surface area contributed by atoms with E-state index in [1.165, 1.54) is 4.90 Å². The maximum atomic E-state index is 13.2. The molecule has 10 heteroatoms. The van der Waals surface area contributed by atoms with E-state index in [0.29, 0.717) is 38.2 Å². The smallest absolute Gasteiger partial charge is 0.409 e. The number of anilines is 1. The zero-order valence-electron chi connectivity index (χ0n) is 23.9. The lowest BCUT2D eigenvalue weighted by Crippen LogP contribution is -2.68. The Bertz CT molecular complexity index is 1250. The van der Waals surface area contributed by atoms with Gasteiger partial charge in [-0.15, -0.1) is 11.3 Å². The summed E-state index contributed by atoms with van der Waals surface area (Å²) in [7, 11) is 0. The number of aldehydes is 1. The first kappa shape index (κ1) is 31.6. The number of nitrogens with zero attached hydrogens (tertiary/aromatic N) is 2. The number of hydrogen-bond donors (Lipinski definition) is 3. The van der Waals surface area contributed by atoms with Crippen molar-refractivity contribution in [3.8, 4) is 0 Å². The van der Waals surface area contributed by atoms with Crippen molar-refractivity contribution in [3.63, 3.8) is 0 Å². The van der Waals surface area contributed by atoms with Gasteiger partial charge in [-0.25, -0.2) is 9.59 Å². The minimum Gasteiger partial charge on any atom is -0.465 e. The second kappa shape index (κ2) is 14.7. The molecule has 3 aromatic rings. The van der Waals surface area contributed by atoms with Crippen molar-refractivity contribution in [2.45, 2.75) is 70.9 Å². The second-order valence-corrected chi connectivity index (χ2v) is 11.9. The van der Waals surface area contributed by atoms with E-state index in [0.717, 1.165) is 22.3 Å². The quantitative estimate of drug-likeness (QED) is 0.0910. The molecule has 4 N–H and O–H groups in total. The van der Waals surface area contributed by atoms with Crippen LogP contribution in [0.25, 0.3) is 0 Å². The third-order valence-electron chi connectivity index (χ3n) is 6.72. The van der Waals surface area contributed by atoms with Gasteiger partial charge in [0.2, 0.25) is 0 Å². The van der Waals surface area contributed by atoms with Gasteiger partial charge >= 0.3 is 12.2 Å². The van der Waals surface area contributed by atoms with E-state index in [9.17, 15) is 19.5 Å². The standard InChI is InChI=1S/C31H40N4O5S/c1-30(2,3)35(29(38)39)31(23-36,17-7-8-18-33-28(37)40-22-25-10-5-4-6-11-25)34(21-27-12-9-19-41-27)20-24-13-15-26(32)16-14-24/h4-6,9-16,19,23H,7-8,17-18,20-22,32H2,1-3H3,(H,33,37)(H,38,39)/t31-/m1/s1. The molecular weight excluding hydrogens is 540 g/mol. The fourth-order valence-corrected chi connectivity index (χ4v) is 5.59. The molecule has 0 fully saturated rings. The molecule has 0 saturated heterocycles. The van der Waals surface area contributed by atoms with Crippen molar-refractivity contribution in [2.24, 2.45) is 0 Å². The lowest BCUT2D eigenvalue weighted by molar-refractivity contribution is -0.142. The number of carbonyl (C=O) groups is 3. The highest BCUT2D eigenvalue weighted by Crippen LogP contribution is 2.35. The molecule has 220 valence electrons. The van der Waals surface area contributed by atoms with Gasteiger partial charge in [0.25, 0.3) is 0 Å². The van der Waals surface area contributed by atoms with E-state index in [4.69, 9.17) is 10.5 Å². The van der Waals surface area contributed by atoms with Crippen LogP contribution in [0, 0.1) is 0 Å². The summed E-state index contributed by atoms with van der Waals surface area (Å²) < 4.78 is 5.27. The largest absolute Gasteiger partial charge is 0.465 e. The molecule has 3 rings (SSSR count). The lowest BCUT2D eigenvalue weighted by Gasteiger charge is -2.51. The highest BCUT2D eigenvalue weighted by Gasteiger charge is 2.49. The number of rotatable bonds is 14. The average Bonchev–Trinajstić information content (AvgIpc) is 3.44. The first-order valence-electron chi connectivity index (χ1n) is 13.6. The van der Waals surface area contributed by atoms with Crippen LogP contribution in [0.5, 0.6) is 0 Å². The molecular formula is C31H40N4O5S. The number of thiophene rings is 1. The first-order chi connectivity index (χ1) is 19.5. The van der Waals surface area contributed by atoms with E-state index >= 15 is 0 Å². The Morgan fingerprint density at radius 2 is 1.68 bits per heavy atom. The number of benzene rings is 2. The summed E-state index contributed by atoms with van der Waals surface area (Å²) in [4.78, 5) is 42.3. The molecule has 0 aliphatic heterocycles. The minimum absolute atomic E-state index is 0.170. The number of carbonyl (C=O) groups excluding carboxylic acids is 2. The van der Waals surface area contributed by atoms with Crippen LogP contribution in [-0.2, 0) is 29.2 Å². The topological polar surface area (TPSA) is 125 Å². The van der Waals surface area contributed by atoms with Crippen molar-refractivity contribution < 1.29 is 24.2 Å². The summed E-state index contributed by atoms with van der Waals surface area (Å²) in [6.45, 7) is 6.57. The molecule has 1 aromatic heterocycles. The molecule has 1 heterocycles. The number of unbranched alkanes of at least 4 members (excludes halogenated alkanes) is 1. The van der Waals surface area contributed by atoms with Gasteiger partial charge in [-0.1, -0.05) is 48.5 Å². The molecule has 0 aliphatic rings. The van der Waals surface area contributed by atoms with Gasteiger partial charge in [-0.05, 0) is 74.7 Å². The Morgan fingerprint density at radius 3 is 2.27 bits per heavy atom. The summed E-state index contributed by atoms with van der Waals surface area (Å²) in [5.74, 6) is 0. The van der Waals surface area contributed by atoms with Gasteiger partial charge in [0.1, 0.15) is 6.61 Å². The second-order valence-electron chi connectivity index (χ2n) is 10.9. The monoisotopic (exact) mass is 580 g/mol. The predicted molar refractivity (Wildman–Crippen MR) is 161 cm³/mol. The fourth-order valence-electron chi connectivity index (χ4n) is 4.87. The SMILES string of the molecule is CC(C)(C)N(C(=O)O)[C@@](C=O)(CCCCNC(=O)OCc1ccccc1)N(Cc1ccc(N)cc1)Cc1cccs1. The summed E-state index contributed by atoms with van der Waals surface area (Å²) >= 11 is 1.55. The molecule has 0 aliphatic carbocycles. The van der Waals surface area contributed by atoms with Crippen LogP contribution in [0.3, 0.4) is 0 Å². The molecule has 2 aromatic carbocycles. The predicted octanol–water partition coefficient (Wildman–Crippen LogP) is 6.10. The lowest BCUT2D eigenvalue weighted by atomic mass is 9.92. The van der Waals surface area contributed by atoms with Crippen molar-refractivity contribution in [1.82, 2.24) is 15.1 Å². The zero-order valence-corrected chi connectivity index (χ0v) is 24.7. The number of ether oxygens (including phenoxy) is 1. The third-order valence-corrected chi connectivity index (χ3v) is 7.58. The average molecular weight is 581 g/mol. The summed E-state index contributed by atoms with van der Waals surface area (Å²) in [6, 6.07) is 20.7. The van der Waals surface area contributed by atoms with Crippen LogP contribution in [0.4, 0.5) is 15.3 Å². The minimum atomic E-state index is -1.47. The van der Waals surface area contributed by atoms with Crippen LogP contribution in [0.1, 0.15) is 56.0 Å². The maximum absolute atomic E-state index is 13.2. The summed E-state index contributed by atoms with van der Waals surface area (Å²) in [5.41, 5.74) is 5.97. The molecule has 0 saturated carbocycles. The van der Waals surface area contributed by atoms with Crippen LogP contribution >= 0.6 is 11.3 Å². The van der Waals surface area contributed by atoms with E-state index < -0.39 is 23.4 Å². The van der Waals surface area contributed by atoms with Crippen LogP contribution in [-0.4, -0.2) is 51.1 Å². The number of nitrogens with one attached hydrogen (secondary N) is 1. The molecule has 1 atom stereocenters. The van der Waals surface area contributed by atoms with E-state index in [1.54, 1.807) is 44.2 Å². The van der Waals surface area contributed by atoms with Gasteiger partial charge < -0.3 is 20.9 Å². The number of nitrogen functional groups attached to an aromatic ring is 1. The highest BCUT2D eigenvalue weighted by atomic mass is 32.1. The van der Waals surface area contributed by atoms with Gasteiger partial charge in [-0.2, -0.15) is 0 Å². The van der Waals surface area contributed by atoms with Crippen molar-refractivity contribution in [2.75, 3.05) is 12.3 Å². The van der Waals surface area contributed by atoms with Crippen molar-refractivity contribution in [3.05, 3.63) is 88.1 Å². The molecule has 41 heavy (non-hydrogen) atoms. The third kappa shape index (κ3) is 9.06. The fraction of sp³-hybridized carbons (Fsp3) is 0.387. The molecule has 0 spiro atoms. The molecule has 0 bridgehead atoms. The normalized spacial score (nSPS) is 12.9. The van der Waals surface area contributed by atoms with Gasteiger partial charge in [0.15, 0.2) is 11.9 Å². The Kier molecular flexibility index (Phi) is 11.3. The van der Waals surface area contributed by atoms with Gasteiger partial charge in [0.05, 0.1) is 0 Å². The molecule has 0 radical (unpaired) electrons. The Balaban J connectivity index is 1.79. The Labute approximate surface area is 245 Å². The van der Waals surface area contributed by atoms with E-state index in [-0.39, 0.29) is 13.0 Å². The molecule has 2 amide bonds. The number of amides is 2. The summed E-state index contributed by atoms with van der Waals surface area (Å²) in [5, 5.41) is 15.1. The van der Waals surface area contributed by atoms with Crippen LogP contribution < -0.4 is 11.1 Å². The molecule has 9 nitrogen and oxygen atoms in total. The maximum Gasteiger partial charge on any atom is 0.409 e.